The summed E-state index contributed by atoms with van der Waals surface area (Å²) in [6, 6.07) is 0. The Kier molecular flexibility index (Phi) is 3.90. The minimum Gasteiger partial charge on any atom is -0.384 e. The molecule has 0 spiro atoms. The molecule has 1 atom stereocenters. The van der Waals surface area contributed by atoms with Crippen LogP contribution in [0, 0.1) is 0 Å². The SMILES string of the molecule is C=CC1=CC=C(CCOC)CC1F. The van der Waals surface area contributed by atoms with Crippen LogP contribution in [0.25, 0.3) is 0 Å². The van der Waals surface area contributed by atoms with Crippen molar-refractivity contribution in [3.05, 3.63) is 36.0 Å². The van der Waals surface area contributed by atoms with Crippen LogP contribution in [0.2, 0.25) is 0 Å². The quantitative estimate of drug-likeness (QED) is 0.649. The molecule has 0 fully saturated rings. The number of hydrogen-bond acceptors (Lipinski definition) is 1. The zero-order chi connectivity index (χ0) is 9.68. The lowest BCUT2D eigenvalue weighted by atomic mass is 9.95. The molecule has 1 aliphatic rings. The molecule has 0 aromatic carbocycles. The zero-order valence-corrected chi connectivity index (χ0v) is 7.92. The molecule has 0 aromatic heterocycles. The van der Waals surface area contributed by atoms with Gasteiger partial charge in [0, 0.05) is 20.1 Å². The normalized spacial score (nSPS) is 22.2. The van der Waals surface area contributed by atoms with E-state index in [1.807, 2.05) is 6.08 Å². The van der Waals surface area contributed by atoms with Crippen molar-refractivity contribution < 1.29 is 9.13 Å². The predicted octanol–water partition coefficient (Wildman–Crippen LogP) is 2.80. The summed E-state index contributed by atoms with van der Waals surface area (Å²) in [5, 5.41) is 0. The molecule has 0 bridgehead atoms. The highest BCUT2D eigenvalue weighted by molar-refractivity contribution is 5.33. The monoisotopic (exact) mass is 182 g/mol. The van der Waals surface area contributed by atoms with Crippen LogP contribution in [0.1, 0.15) is 12.8 Å². The van der Waals surface area contributed by atoms with Crippen molar-refractivity contribution in [2.24, 2.45) is 0 Å². The van der Waals surface area contributed by atoms with Gasteiger partial charge < -0.3 is 4.74 Å². The van der Waals surface area contributed by atoms with Gasteiger partial charge in [0.15, 0.2) is 0 Å². The highest BCUT2D eigenvalue weighted by Crippen LogP contribution is 2.24. The van der Waals surface area contributed by atoms with Crippen molar-refractivity contribution in [2.75, 3.05) is 13.7 Å². The van der Waals surface area contributed by atoms with Gasteiger partial charge >= 0.3 is 0 Å². The number of halogens is 1. The second-order valence-electron chi connectivity index (χ2n) is 3.11. The zero-order valence-electron chi connectivity index (χ0n) is 7.92. The van der Waals surface area contributed by atoms with E-state index in [1.54, 1.807) is 19.3 Å². The van der Waals surface area contributed by atoms with Crippen molar-refractivity contribution in [3.8, 4) is 0 Å². The lowest BCUT2D eigenvalue weighted by Crippen LogP contribution is -2.09. The summed E-state index contributed by atoms with van der Waals surface area (Å²) in [6.07, 6.45) is 5.76. The van der Waals surface area contributed by atoms with E-state index in [0.717, 1.165) is 12.0 Å². The van der Waals surface area contributed by atoms with Crippen molar-refractivity contribution in [3.63, 3.8) is 0 Å². The van der Waals surface area contributed by atoms with Gasteiger partial charge in [-0.15, -0.1) is 0 Å². The first-order valence-electron chi connectivity index (χ1n) is 4.43. The molecule has 0 saturated carbocycles. The van der Waals surface area contributed by atoms with Crippen molar-refractivity contribution in [1.82, 2.24) is 0 Å². The lowest BCUT2D eigenvalue weighted by molar-refractivity contribution is 0.200. The van der Waals surface area contributed by atoms with E-state index in [2.05, 4.69) is 6.58 Å². The third-order valence-corrected chi connectivity index (χ3v) is 2.18. The van der Waals surface area contributed by atoms with Crippen LogP contribution in [0.15, 0.2) is 36.0 Å². The molecule has 1 nitrogen and oxygen atoms in total. The number of methoxy groups -OCH3 is 1. The van der Waals surface area contributed by atoms with Crippen LogP contribution in [0.4, 0.5) is 4.39 Å². The van der Waals surface area contributed by atoms with Gasteiger partial charge in [0.25, 0.3) is 0 Å². The van der Waals surface area contributed by atoms with Gasteiger partial charge in [-0.1, -0.05) is 30.4 Å². The van der Waals surface area contributed by atoms with Crippen LogP contribution in [-0.4, -0.2) is 19.9 Å². The summed E-state index contributed by atoms with van der Waals surface area (Å²) in [4.78, 5) is 0. The maximum Gasteiger partial charge on any atom is 0.129 e. The van der Waals surface area contributed by atoms with Crippen LogP contribution in [0.3, 0.4) is 0 Å². The smallest absolute Gasteiger partial charge is 0.129 e. The topological polar surface area (TPSA) is 9.23 Å². The third kappa shape index (κ3) is 2.81. The molecular weight excluding hydrogens is 167 g/mol. The molecule has 72 valence electrons. The Labute approximate surface area is 78.6 Å². The molecule has 13 heavy (non-hydrogen) atoms. The number of ether oxygens (including phenoxy) is 1. The average molecular weight is 182 g/mol. The predicted molar refractivity (Wildman–Crippen MR) is 52.4 cm³/mol. The van der Waals surface area contributed by atoms with Crippen LogP contribution < -0.4 is 0 Å². The number of hydrogen-bond donors (Lipinski definition) is 0. The summed E-state index contributed by atoms with van der Waals surface area (Å²) in [7, 11) is 1.65. The standard InChI is InChI=1S/C11H15FO/c1-3-10-5-4-9(6-7-13-2)8-11(10)12/h3-5,11H,1,6-8H2,2H3. The Balaban J connectivity index is 2.56. The highest BCUT2D eigenvalue weighted by Gasteiger charge is 2.15. The van der Waals surface area contributed by atoms with E-state index in [9.17, 15) is 4.39 Å². The molecule has 0 aromatic rings. The van der Waals surface area contributed by atoms with Gasteiger partial charge in [0.2, 0.25) is 0 Å². The fourth-order valence-electron chi connectivity index (χ4n) is 1.35. The third-order valence-electron chi connectivity index (χ3n) is 2.18. The summed E-state index contributed by atoms with van der Waals surface area (Å²) >= 11 is 0. The highest BCUT2D eigenvalue weighted by atomic mass is 19.1. The Bertz CT molecular complexity index is 240. The molecule has 0 heterocycles. The molecule has 0 amide bonds. The van der Waals surface area contributed by atoms with Crippen molar-refractivity contribution in [1.29, 1.82) is 0 Å². The Hall–Kier alpha value is -0.890. The largest absolute Gasteiger partial charge is 0.384 e. The molecule has 1 unspecified atom stereocenters. The van der Waals surface area contributed by atoms with Crippen molar-refractivity contribution in [2.45, 2.75) is 19.0 Å². The molecule has 1 rings (SSSR count). The summed E-state index contributed by atoms with van der Waals surface area (Å²) in [5.41, 5.74) is 1.79. The first-order valence-corrected chi connectivity index (χ1v) is 4.43. The lowest BCUT2D eigenvalue weighted by Gasteiger charge is -2.16. The van der Waals surface area contributed by atoms with Crippen LogP contribution >= 0.6 is 0 Å². The average Bonchev–Trinajstić information content (AvgIpc) is 2.15. The molecule has 0 aliphatic heterocycles. The molecule has 0 saturated heterocycles. The summed E-state index contributed by atoms with van der Waals surface area (Å²) in [5.74, 6) is 0. The van der Waals surface area contributed by atoms with Crippen LogP contribution in [-0.2, 0) is 4.74 Å². The van der Waals surface area contributed by atoms with E-state index in [1.165, 1.54) is 0 Å². The van der Waals surface area contributed by atoms with Gasteiger partial charge in [-0.05, 0) is 12.0 Å². The van der Waals surface area contributed by atoms with Crippen molar-refractivity contribution >= 4 is 0 Å². The first-order chi connectivity index (χ1) is 6.27. The Morgan fingerprint density at radius 1 is 1.69 bits per heavy atom. The number of alkyl halides is 1. The maximum atomic E-state index is 13.3. The summed E-state index contributed by atoms with van der Waals surface area (Å²) in [6.45, 7) is 4.22. The van der Waals surface area contributed by atoms with E-state index in [4.69, 9.17) is 4.74 Å². The molecule has 2 heteroatoms. The summed E-state index contributed by atoms with van der Waals surface area (Å²) < 4.78 is 18.2. The van der Waals surface area contributed by atoms with E-state index in [0.29, 0.717) is 18.6 Å². The maximum absolute atomic E-state index is 13.3. The molecular formula is C11H15FO. The number of allylic oxidation sites excluding steroid dienone is 4. The van der Waals surface area contributed by atoms with Gasteiger partial charge in [0.05, 0.1) is 0 Å². The number of rotatable bonds is 4. The van der Waals surface area contributed by atoms with Gasteiger partial charge in [0.1, 0.15) is 6.17 Å². The van der Waals surface area contributed by atoms with Gasteiger partial charge in [-0.2, -0.15) is 0 Å². The second-order valence-corrected chi connectivity index (χ2v) is 3.11. The Morgan fingerprint density at radius 3 is 3.00 bits per heavy atom. The molecule has 0 N–H and O–H groups in total. The van der Waals surface area contributed by atoms with E-state index < -0.39 is 6.17 Å². The minimum atomic E-state index is -0.880. The molecule has 0 radical (unpaired) electrons. The fourth-order valence-corrected chi connectivity index (χ4v) is 1.35. The van der Waals surface area contributed by atoms with E-state index >= 15 is 0 Å². The van der Waals surface area contributed by atoms with Crippen LogP contribution in [0.5, 0.6) is 0 Å². The van der Waals surface area contributed by atoms with Gasteiger partial charge in [-0.25, -0.2) is 4.39 Å². The van der Waals surface area contributed by atoms with Gasteiger partial charge in [-0.3, -0.25) is 0 Å². The van der Waals surface area contributed by atoms with E-state index in [-0.39, 0.29) is 0 Å². The molecule has 1 aliphatic carbocycles. The minimum absolute atomic E-state index is 0.487. The first kappa shape index (κ1) is 10.2. The Morgan fingerprint density at radius 2 is 2.46 bits per heavy atom. The second kappa shape index (κ2) is 4.97. The fraction of sp³-hybridized carbons (Fsp3) is 0.455.